The van der Waals surface area contributed by atoms with E-state index in [-0.39, 0.29) is 11.8 Å². The van der Waals surface area contributed by atoms with Crippen LogP contribution in [0.5, 0.6) is 0 Å². The first-order valence-corrected chi connectivity index (χ1v) is 12.4. The molecular weight excluding hydrogens is 396 g/mol. The molecule has 5 heteroatoms. The number of ether oxygens (including phenoxy) is 1. The predicted molar refractivity (Wildman–Crippen MR) is 119 cm³/mol. The maximum atomic E-state index is 13.9. The molecule has 0 saturated heterocycles. The fourth-order valence-electron chi connectivity index (χ4n) is 5.05. The second-order valence-corrected chi connectivity index (χ2v) is 10.3. The minimum Gasteiger partial charge on any atom is -0.469 e. The van der Waals surface area contributed by atoms with Crippen molar-refractivity contribution in [3.05, 3.63) is 40.3 Å². The van der Waals surface area contributed by atoms with Crippen molar-refractivity contribution in [2.45, 2.75) is 83.0 Å². The van der Waals surface area contributed by atoms with Gasteiger partial charge in [0.15, 0.2) is 5.78 Å². The van der Waals surface area contributed by atoms with Gasteiger partial charge in [-0.25, -0.2) is 4.21 Å². The molecule has 3 atom stereocenters. The lowest BCUT2D eigenvalue weighted by Gasteiger charge is -2.36. The smallest absolute Gasteiger partial charge is 0.309 e. The molecule has 0 aromatic heterocycles. The van der Waals surface area contributed by atoms with E-state index >= 15 is 0 Å². The molecule has 0 radical (unpaired) electrons. The van der Waals surface area contributed by atoms with Crippen LogP contribution in [0.4, 0.5) is 0 Å². The summed E-state index contributed by atoms with van der Waals surface area (Å²) in [5.74, 6) is -0.675. The molecule has 4 nitrogen and oxygen atoms in total. The van der Waals surface area contributed by atoms with Crippen LogP contribution in [-0.4, -0.2) is 23.1 Å². The third kappa shape index (κ3) is 4.46. The quantitative estimate of drug-likeness (QED) is 0.547. The minimum atomic E-state index is -1.38. The van der Waals surface area contributed by atoms with Gasteiger partial charge in [0.05, 0.1) is 29.2 Å². The Bertz CT molecular complexity index is 839. The summed E-state index contributed by atoms with van der Waals surface area (Å²) in [6, 6.07) is 7.70. The van der Waals surface area contributed by atoms with E-state index in [9.17, 15) is 13.8 Å². The summed E-state index contributed by atoms with van der Waals surface area (Å²) in [6.07, 6.45) is 8.26. The molecule has 1 unspecified atom stereocenters. The van der Waals surface area contributed by atoms with Crippen molar-refractivity contribution in [1.29, 1.82) is 0 Å². The van der Waals surface area contributed by atoms with Crippen molar-refractivity contribution in [1.82, 2.24) is 0 Å². The Hall–Kier alpha value is -1.75. The number of methoxy groups -OCH3 is 1. The summed E-state index contributed by atoms with van der Waals surface area (Å²) in [5.41, 5.74) is 1.04. The number of carbonyl (C=O) groups excluding carboxylic acids is 2. The summed E-state index contributed by atoms with van der Waals surface area (Å²) in [6.45, 7) is 4.10. The standard InChI is InChI=1S/C25H34O4S/c1-4-5-10-20-22(30(28)19-14-12-18(2)13-15-19)17-25(23(20)26)16-9-7-6-8-11-21(25)24(27)29-3/h12-15,21H,4-11,16-17H2,1-3H3/t21-,25+,30?/m0/s1. The lowest BCUT2D eigenvalue weighted by atomic mass is 9.65. The van der Waals surface area contributed by atoms with Gasteiger partial charge in [0, 0.05) is 15.4 Å². The number of Topliss-reactive ketones (excluding diaryl/α,β-unsaturated/α-hetero) is 1. The van der Waals surface area contributed by atoms with Crippen molar-refractivity contribution >= 4 is 22.6 Å². The number of allylic oxidation sites excluding steroid dienone is 2. The van der Waals surface area contributed by atoms with Gasteiger partial charge in [-0.1, -0.05) is 56.7 Å². The molecule has 1 aromatic rings. The molecule has 164 valence electrons. The summed E-state index contributed by atoms with van der Waals surface area (Å²) in [7, 11) is 0.0254. The minimum absolute atomic E-state index is 0.0590. The molecule has 30 heavy (non-hydrogen) atoms. The Kier molecular flexibility index (Phi) is 7.67. The third-order valence-corrected chi connectivity index (χ3v) is 8.34. The molecular formula is C25H34O4S. The zero-order valence-corrected chi connectivity index (χ0v) is 19.3. The van der Waals surface area contributed by atoms with Crippen molar-refractivity contribution in [3.8, 4) is 0 Å². The van der Waals surface area contributed by atoms with Crippen LogP contribution < -0.4 is 0 Å². The largest absolute Gasteiger partial charge is 0.469 e. The van der Waals surface area contributed by atoms with E-state index in [2.05, 4.69) is 6.92 Å². The second kappa shape index (κ2) is 10.0. The van der Waals surface area contributed by atoms with Gasteiger partial charge in [-0.05, 0) is 51.2 Å². The number of hydrogen-bond acceptors (Lipinski definition) is 4. The summed E-state index contributed by atoms with van der Waals surface area (Å²) >= 11 is 0. The number of unbranched alkanes of at least 4 members (excludes halogenated alkanes) is 1. The SMILES string of the molecule is CCCCC1=C(S(=O)c2ccc(C)cc2)C[C@@]2(CCCCCC[C@H]2C(=O)OC)C1=O. The Labute approximate surface area is 182 Å². The maximum absolute atomic E-state index is 13.9. The van der Waals surface area contributed by atoms with Gasteiger partial charge in [-0.3, -0.25) is 9.59 Å². The van der Waals surface area contributed by atoms with Gasteiger partial charge in [0.2, 0.25) is 0 Å². The number of hydrogen-bond donors (Lipinski definition) is 0. The monoisotopic (exact) mass is 430 g/mol. The van der Waals surface area contributed by atoms with E-state index < -0.39 is 22.1 Å². The maximum Gasteiger partial charge on any atom is 0.309 e. The van der Waals surface area contributed by atoms with Crippen LogP contribution in [-0.2, 0) is 25.1 Å². The van der Waals surface area contributed by atoms with Crippen LogP contribution >= 0.6 is 0 Å². The van der Waals surface area contributed by atoms with E-state index in [1.807, 2.05) is 31.2 Å². The average molecular weight is 431 g/mol. The summed E-state index contributed by atoms with van der Waals surface area (Å²) in [4.78, 5) is 28.1. The van der Waals surface area contributed by atoms with Crippen molar-refractivity contribution in [2.75, 3.05) is 7.11 Å². The van der Waals surface area contributed by atoms with Crippen LogP contribution in [0.25, 0.3) is 0 Å². The molecule has 0 N–H and O–H groups in total. The van der Waals surface area contributed by atoms with Gasteiger partial charge in [-0.15, -0.1) is 0 Å². The molecule has 1 aromatic carbocycles. The zero-order chi connectivity index (χ0) is 21.7. The van der Waals surface area contributed by atoms with E-state index in [0.29, 0.717) is 31.3 Å². The molecule has 0 amide bonds. The van der Waals surface area contributed by atoms with Crippen LogP contribution in [0, 0.1) is 18.3 Å². The number of aryl methyl sites for hydroxylation is 1. The second-order valence-electron chi connectivity index (χ2n) is 8.78. The number of ketones is 1. The Morgan fingerprint density at radius 2 is 1.87 bits per heavy atom. The van der Waals surface area contributed by atoms with Gasteiger partial charge in [-0.2, -0.15) is 0 Å². The third-order valence-electron chi connectivity index (χ3n) is 6.80. The van der Waals surface area contributed by atoms with Crippen LogP contribution in [0.3, 0.4) is 0 Å². The van der Waals surface area contributed by atoms with E-state index in [1.165, 1.54) is 7.11 Å². The number of carbonyl (C=O) groups is 2. The Morgan fingerprint density at radius 3 is 2.53 bits per heavy atom. The highest BCUT2D eigenvalue weighted by Crippen LogP contribution is 2.53. The predicted octanol–water partition coefficient (Wildman–Crippen LogP) is 5.65. The molecule has 1 saturated carbocycles. The van der Waals surface area contributed by atoms with Crippen LogP contribution in [0.1, 0.15) is 76.7 Å². The first-order chi connectivity index (χ1) is 14.4. The topological polar surface area (TPSA) is 60.4 Å². The molecule has 1 spiro atoms. The molecule has 2 aliphatic carbocycles. The van der Waals surface area contributed by atoms with E-state index in [0.717, 1.165) is 53.9 Å². The zero-order valence-electron chi connectivity index (χ0n) is 18.5. The fraction of sp³-hybridized carbons (Fsp3) is 0.600. The first-order valence-electron chi connectivity index (χ1n) is 11.3. The van der Waals surface area contributed by atoms with Crippen molar-refractivity contribution < 1.29 is 18.5 Å². The lowest BCUT2D eigenvalue weighted by molar-refractivity contribution is -0.155. The van der Waals surface area contributed by atoms with Crippen molar-refractivity contribution in [2.24, 2.45) is 11.3 Å². The van der Waals surface area contributed by atoms with E-state index in [4.69, 9.17) is 4.74 Å². The molecule has 0 bridgehead atoms. The van der Waals surface area contributed by atoms with Gasteiger partial charge in [0.1, 0.15) is 0 Å². The van der Waals surface area contributed by atoms with Gasteiger partial charge >= 0.3 is 5.97 Å². The molecule has 1 fully saturated rings. The fourth-order valence-corrected chi connectivity index (χ4v) is 6.53. The lowest BCUT2D eigenvalue weighted by Crippen LogP contribution is -2.42. The highest BCUT2D eigenvalue weighted by atomic mass is 32.2. The number of esters is 1. The normalized spacial score (nSPS) is 25.8. The highest BCUT2D eigenvalue weighted by Gasteiger charge is 2.55. The molecule has 2 aliphatic rings. The highest BCUT2D eigenvalue weighted by molar-refractivity contribution is 7.89. The number of rotatable bonds is 6. The Balaban J connectivity index is 2.04. The molecule has 0 heterocycles. The van der Waals surface area contributed by atoms with E-state index in [1.54, 1.807) is 0 Å². The Morgan fingerprint density at radius 1 is 1.17 bits per heavy atom. The van der Waals surface area contributed by atoms with Crippen molar-refractivity contribution in [3.63, 3.8) is 0 Å². The molecule has 0 aliphatic heterocycles. The molecule has 3 rings (SSSR count). The number of benzene rings is 1. The summed E-state index contributed by atoms with van der Waals surface area (Å²) in [5, 5.41) is 0. The first kappa shape index (κ1) is 22.9. The van der Waals surface area contributed by atoms with Crippen LogP contribution in [0.2, 0.25) is 0 Å². The van der Waals surface area contributed by atoms with Gasteiger partial charge in [0.25, 0.3) is 0 Å². The van der Waals surface area contributed by atoms with Crippen LogP contribution in [0.15, 0.2) is 39.6 Å². The van der Waals surface area contributed by atoms with Gasteiger partial charge < -0.3 is 4.74 Å². The summed E-state index contributed by atoms with van der Waals surface area (Å²) < 4.78 is 18.7. The average Bonchev–Trinajstić information content (AvgIpc) is 3.02.